The predicted molar refractivity (Wildman–Crippen MR) is 73.7 cm³/mol. The zero-order valence-electron chi connectivity index (χ0n) is 11.6. The Labute approximate surface area is 104 Å². The molecule has 0 radical (unpaired) electrons. The van der Waals surface area contributed by atoms with Crippen LogP contribution >= 0.6 is 0 Å². The third kappa shape index (κ3) is 3.58. The van der Waals surface area contributed by atoms with Crippen LogP contribution in [0, 0.1) is 6.92 Å². The fraction of sp³-hybridized carbons (Fsp3) is 0.692. The van der Waals surface area contributed by atoms with Gasteiger partial charge in [0.25, 0.3) is 0 Å². The summed E-state index contributed by atoms with van der Waals surface area (Å²) in [6.07, 6.45) is 4.07. The minimum absolute atomic E-state index is 0.489. The van der Waals surface area contributed by atoms with Gasteiger partial charge in [-0.2, -0.15) is 4.98 Å². The topological polar surface area (TPSA) is 41.1 Å². The highest BCUT2D eigenvalue weighted by Crippen LogP contribution is 2.19. The molecular weight excluding hydrogens is 212 g/mol. The van der Waals surface area contributed by atoms with E-state index in [4.69, 9.17) is 0 Å². The fourth-order valence-electron chi connectivity index (χ4n) is 1.59. The molecule has 4 nitrogen and oxygen atoms in total. The van der Waals surface area contributed by atoms with Crippen LogP contribution in [0.4, 0.5) is 11.8 Å². The van der Waals surface area contributed by atoms with E-state index in [9.17, 15) is 0 Å². The van der Waals surface area contributed by atoms with Crippen molar-refractivity contribution in [1.82, 2.24) is 9.97 Å². The molecule has 0 saturated carbocycles. The van der Waals surface area contributed by atoms with Crippen LogP contribution in [0.1, 0.15) is 39.2 Å². The maximum atomic E-state index is 4.58. The van der Waals surface area contributed by atoms with Crippen LogP contribution in [0.25, 0.3) is 0 Å². The summed E-state index contributed by atoms with van der Waals surface area (Å²) in [6, 6.07) is 0.489. The number of anilines is 2. The highest BCUT2D eigenvalue weighted by molar-refractivity contribution is 5.48. The van der Waals surface area contributed by atoms with Crippen LogP contribution in [-0.4, -0.2) is 29.6 Å². The van der Waals surface area contributed by atoms with Crippen LogP contribution in [0.15, 0.2) is 6.20 Å². The average Bonchev–Trinajstić information content (AvgIpc) is 2.36. The van der Waals surface area contributed by atoms with Crippen molar-refractivity contribution in [1.29, 1.82) is 0 Å². The summed E-state index contributed by atoms with van der Waals surface area (Å²) < 4.78 is 0. The molecule has 1 heterocycles. The molecule has 0 bridgehead atoms. The van der Waals surface area contributed by atoms with Gasteiger partial charge in [0.1, 0.15) is 5.82 Å². The van der Waals surface area contributed by atoms with E-state index < -0.39 is 0 Å². The van der Waals surface area contributed by atoms with Crippen LogP contribution in [-0.2, 0) is 0 Å². The van der Waals surface area contributed by atoms with Gasteiger partial charge >= 0.3 is 0 Å². The Bertz CT molecular complexity index is 351. The second kappa shape index (κ2) is 6.42. The molecule has 0 aromatic carbocycles. The number of hydrogen-bond donors (Lipinski definition) is 1. The highest BCUT2D eigenvalue weighted by atomic mass is 15.2. The van der Waals surface area contributed by atoms with Crippen molar-refractivity contribution < 1.29 is 0 Å². The van der Waals surface area contributed by atoms with Crippen LogP contribution in [0.2, 0.25) is 0 Å². The van der Waals surface area contributed by atoms with Gasteiger partial charge in [0.2, 0.25) is 5.95 Å². The highest BCUT2D eigenvalue weighted by Gasteiger charge is 2.13. The van der Waals surface area contributed by atoms with E-state index in [1.807, 2.05) is 6.20 Å². The van der Waals surface area contributed by atoms with Crippen molar-refractivity contribution >= 4 is 11.8 Å². The molecule has 1 aromatic rings. The van der Waals surface area contributed by atoms with E-state index in [0.29, 0.717) is 6.04 Å². The van der Waals surface area contributed by atoms with Crippen molar-refractivity contribution in [2.75, 3.05) is 23.8 Å². The standard InChI is InChI=1S/C13H24N4/c1-6-8-14-13-15-9-10(3)12(16-13)17(5)11(4)7-2/h9,11H,6-8H2,1-5H3,(H,14,15,16). The first kappa shape index (κ1) is 13.7. The van der Waals surface area contributed by atoms with Gasteiger partial charge in [-0.3, -0.25) is 0 Å². The Kier molecular flexibility index (Phi) is 5.19. The van der Waals surface area contributed by atoms with E-state index in [2.05, 4.69) is 54.9 Å². The third-order valence-electron chi connectivity index (χ3n) is 3.06. The summed E-state index contributed by atoms with van der Waals surface area (Å²) in [7, 11) is 2.09. The largest absolute Gasteiger partial charge is 0.357 e. The summed E-state index contributed by atoms with van der Waals surface area (Å²) in [6.45, 7) is 9.50. The summed E-state index contributed by atoms with van der Waals surface area (Å²) in [4.78, 5) is 11.1. The van der Waals surface area contributed by atoms with Crippen molar-refractivity contribution in [2.24, 2.45) is 0 Å². The Hall–Kier alpha value is -1.32. The molecule has 4 heteroatoms. The molecule has 96 valence electrons. The van der Waals surface area contributed by atoms with Gasteiger partial charge in [0, 0.05) is 31.4 Å². The molecule has 0 aliphatic rings. The predicted octanol–water partition coefficient (Wildman–Crippen LogP) is 2.84. The van der Waals surface area contributed by atoms with Crippen LogP contribution < -0.4 is 10.2 Å². The second-order valence-electron chi connectivity index (χ2n) is 4.50. The SMILES string of the molecule is CCCNc1ncc(C)c(N(C)C(C)CC)n1. The maximum absolute atomic E-state index is 4.58. The first-order chi connectivity index (χ1) is 8.10. The number of aromatic nitrogens is 2. The quantitative estimate of drug-likeness (QED) is 0.824. The third-order valence-corrected chi connectivity index (χ3v) is 3.06. The maximum Gasteiger partial charge on any atom is 0.224 e. The average molecular weight is 236 g/mol. The minimum atomic E-state index is 0.489. The van der Waals surface area contributed by atoms with Crippen molar-refractivity contribution in [3.05, 3.63) is 11.8 Å². The van der Waals surface area contributed by atoms with E-state index in [0.717, 1.165) is 36.7 Å². The van der Waals surface area contributed by atoms with Gasteiger partial charge in [0.05, 0.1) is 0 Å². The lowest BCUT2D eigenvalue weighted by molar-refractivity contribution is 0.654. The molecular formula is C13H24N4. The van der Waals surface area contributed by atoms with Gasteiger partial charge in [0.15, 0.2) is 0 Å². The van der Waals surface area contributed by atoms with Gasteiger partial charge in [-0.25, -0.2) is 4.98 Å². The van der Waals surface area contributed by atoms with Gasteiger partial charge < -0.3 is 10.2 Å². The van der Waals surface area contributed by atoms with Gasteiger partial charge in [-0.05, 0) is 26.7 Å². The van der Waals surface area contributed by atoms with Crippen molar-refractivity contribution in [2.45, 2.75) is 46.6 Å². The molecule has 0 amide bonds. The number of nitrogens with zero attached hydrogens (tertiary/aromatic N) is 3. The Morgan fingerprint density at radius 1 is 1.41 bits per heavy atom. The lowest BCUT2D eigenvalue weighted by atomic mass is 10.2. The number of aryl methyl sites for hydroxylation is 1. The van der Waals surface area contributed by atoms with E-state index in [-0.39, 0.29) is 0 Å². The van der Waals surface area contributed by atoms with E-state index in [1.54, 1.807) is 0 Å². The second-order valence-corrected chi connectivity index (χ2v) is 4.50. The molecule has 1 aromatic heterocycles. The molecule has 0 saturated heterocycles. The normalized spacial score (nSPS) is 12.3. The van der Waals surface area contributed by atoms with Gasteiger partial charge in [-0.15, -0.1) is 0 Å². The first-order valence-electron chi connectivity index (χ1n) is 6.40. The Morgan fingerprint density at radius 2 is 2.12 bits per heavy atom. The Morgan fingerprint density at radius 3 is 2.71 bits per heavy atom. The molecule has 0 fully saturated rings. The summed E-state index contributed by atoms with van der Waals surface area (Å²) >= 11 is 0. The van der Waals surface area contributed by atoms with Gasteiger partial charge in [-0.1, -0.05) is 13.8 Å². The molecule has 1 N–H and O–H groups in total. The van der Waals surface area contributed by atoms with Crippen molar-refractivity contribution in [3.63, 3.8) is 0 Å². The number of rotatable bonds is 6. The number of nitrogens with one attached hydrogen (secondary N) is 1. The molecule has 0 spiro atoms. The molecule has 1 atom stereocenters. The Balaban J connectivity index is 2.89. The molecule has 17 heavy (non-hydrogen) atoms. The zero-order valence-corrected chi connectivity index (χ0v) is 11.6. The van der Waals surface area contributed by atoms with Crippen LogP contribution in [0.5, 0.6) is 0 Å². The summed E-state index contributed by atoms with van der Waals surface area (Å²) in [5, 5.41) is 3.22. The number of hydrogen-bond acceptors (Lipinski definition) is 4. The first-order valence-corrected chi connectivity index (χ1v) is 6.40. The lowest BCUT2D eigenvalue weighted by Gasteiger charge is -2.26. The van der Waals surface area contributed by atoms with E-state index in [1.165, 1.54) is 0 Å². The summed E-state index contributed by atoms with van der Waals surface area (Å²) in [5.41, 5.74) is 1.12. The smallest absolute Gasteiger partial charge is 0.224 e. The van der Waals surface area contributed by atoms with Crippen LogP contribution in [0.3, 0.4) is 0 Å². The van der Waals surface area contributed by atoms with E-state index >= 15 is 0 Å². The monoisotopic (exact) mass is 236 g/mol. The molecule has 1 unspecified atom stereocenters. The molecule has 0 aliphatic carbocycles. The van der Waals surface area contributed by atoms with Crippen molar-refractivity contribution in [3.8, 4) is 0 Å². The lowest BCUT2D eigenvalue weighted by Crippen LogP contribution is -2.29. The molecule has 0 aliphatic heterocycles. The minimum Gasteiger partial charge on any atom is -0.357 e. The fourth-order valence-corrected chi connectivity index (χ4v) is 1.59. The zero-order chi connectivity index (χ0) is 12.8. The molecule has 1 rings (SSSR count). The summed E-state index contributed by atoms with van der Waals surface area (Å²) in [5.74, 6) is 1.75.